The Kier molecular flexibility index (Phi) is 13.9. The molecule has 40 heavy (non-hydrogen) atoms. The lowest BCUT2D eigenvalue weighted by Crippen LogP contribution is -2.60. The number of nitrogens with two attached hydrogens (primary N) is 1. The van der Waals surface area contributed by atoms with E-state index in [4.69, 9.17) is 22.4 Å². The topological polar surface area (TPSA) is 242 Å². The number of imidazole rings is 1. The number of carbonyl (C=O) groups is 7. The number of carboxylic acid groups (broad SMARTS) is 2. The molecule has 0 aliphatic heterocycles. The van der Waals surface area contributed by atoms with Crippen molar-refractivity contribution in [3.05, 3.63) is 18.2 Å². The maximum Gasteiger partial charge on any atom is 0.305 e. The molecule has 0 aliphatic carbocycles. The largest absolute Gasteiger partial charge is 0.481 e. The lowest BCUT2D eigenvalue weighted by molar-refractivity contribution is -0.151. The van der Waals surface area contributed by atoms with Crippen molar-refractivity contribution in [2.75, 3.05) is 5.88 Å². The second-order valence-electron chi connectivity index (χ2n) is 9.52. The number of rotatable bonds is 17. The molecule has 1 heterocycles. The van der Waals surface area contributed by atoms with Crippen LogP contribution in [-0.2, 0) is 40.0 Å². The highest BCUT2D eigenvalue weighted by atomic mass is 35.5. The van der Waals surface area contributed by atoms with Crippen molar-refractivity contribution in [2.45, 2.75) is 77.0 Å². The lowest BCUT2D eigenvalue weighted by Gasteiger charge is -2.35. The summed E-state index contributed by atoms with van der Waals surface area (Å²) in [5.41, 5.74) is 6.17. The van der Waals surface area contributed by atoms with Crippen molar-refractivity contribution in [1.82, 2.24) is 25.5 Å². The number of carboxylic acids is 2. The Morgan fingerprint density at radius 3 is 2.17 bits per heavy atom. The predicted molar refractivity (Wildman–Crippen MR) is 140 cm³/mol. The molecule has 1 rings (SSSR count). The van der Waals surface area contributed by atoms with Gasteiger partial charge in [0.2, 0.25) is 23.6 Å². The summed E-state index contributed by atoms with van der Waals surface area (Å²) in [7, 11) is 0. The Hall–Kier alpha value is -3.85. The molecule has 0 aromatic carbocycles. The zero-order chi connectivity index (χ0) is 30.6. The number of ketones is 1. The van der Waals surface area contributed by atoms with Crippen LogP contribution in [0.3, 0.4) is 0 Å². The van der Waals surface area contributed by atoms with Gasteiger partial charge in [0.1, 0.15) is 18.1 Å². The maximum absolute atomic E-state index is 13.4. The van der Waals surface area contributed by atoms with Crippen LogP contribution in [0.2, 0.25) is 0 Å². The third-order valence-corrected chi connectivity index (χ3v) is 6.03. The number of Topliss-reactive ketones (excluding diaryl/α,β-unsaturated/α-hetero) is 1. The van der Waals surface area contributed by atoms with E-state index in [2.05, 4.69) is 20.6 Å². The fourth-order valence-corrected chi connectivity index (χ4v) is 4.10. The number of aromatic nitrogens is 2. The lowest BCUT2D eigenvalue weighted by atomic mass is 10.0. The molecule has 0 saturated carbocycles. The molecule has 0 fully saturated rings. The second-order valence-corrected chi connectivity index (χ2v) is 9.79. The van der Waals surface area contributed by atoms with Crippen molar-refractivity contribution in [3.63, 3.8) is 0 Å². The second kappa shape index (κ2) is 16.3. The molecule has 0 bridgehead atoms. The number of nitrogens with zero attached hydrogens (tertiary/aromatic N) is 2. The van der Waals surface area contributed by atoms with E-state index in [1.54, 1.807) is 0 Å². The Balaban J connectivity index is 3.36. The molecule has 7 N–H and O–H groups in total. The smallest absolute Gasteiger partial charge is 0.305 e. The monoisotopic (exact) mass is 586 g/mol. The zero-order valence-corrected chi connectivity index (χ0v) is 23.1. The van der Waals surface area contributed by atoms with Crippen LogP contribution in [0.15, 0.2) is 12.5 Å². The molecule has 1 aromatic heterocycles. The minimum absolute atomic E-state index is 0.0453. The van der Waals surface area contributed by atoms with Crippen molar-refractivity contribution in [2.24, 2.45) is 11.7 Å². The third kappa shape index (κ3) is 11.1. The normalized spacial score (nSPS) is 13.9. The summed E-state index contributed by atoms with van der Waals surface area (Å²) < 4.78 is 0. The van der Waals surface area contributed by atoms with Crippen LogP contribution < -0.4 is 16.4 Å². The van der Waals surface area contributed by atoms with Crippen LogP contribution in [0.4, 0.5) is 0 Å². The van der Waals surface area contributed by atoms with E-state index in [0.717, 1.165) is 11.8 Å². The number of H-pyrrole nitrogens is 1. The van der Waals surface area contributed by atoms with Gasteiger partial charge in [0.25, 0.3) is 0 Å². The summed E-state index contributed by atoms with van der Waals surface area (Å²) in [5, 5.41) is 22.8. The number of halogens is 1. The summed E-state index contributed by atoms with van der Waals surface area (Å²) in [6.45, 7) is 4.67. The first-order chi connectivity index (χ1) is 18.7. The summed E-state index contributed by atoms with van der Waals surface area (Å²) in [6.07, 6.45) is 0.784. The van der Waals surface area contributed by atoms with Crippen LogP contribution in [-0.4, -0.2) is 96.5 Å². The van der Waals surface area contributed by atoms with E-state index >= 15 is 0 Å². The number of aromatic amines is 1. The van der Waals surface area contributed by atoms with E-state index < -0.39 is 84.2 Å². The first-order valence-electron chi connectivity index (χ1n) is 12.4. The molecule has 0 radical (unpaired) electrons. The fourth-order valence-electron chi connectivity index (χ4n) is 3.92. The number of hydrogen-bond donors (Lipinski definition) is 6. The first kappa shape index (κ1) is 34.2. The highest BCUT2D eigenvalue weighted by Crippen LogP contribution is 2.17. The zero-order valence-electron chi connectivity index (χ0n) is 22.4. The SMILES string of the molecule is CC(=O)N([C@@H](CC(=O)O)C(=O)CCl)[C@@H](Cc1cnc[nH]1)C(=O)NC(=O)[C@H](CCC(=O)O)NC(=O)[C@@H](N)CC(C)C. The molecule has 0 spiro atoms. The Morgan fingerprint density at radius 2 is 1.70 bits per heavy atom. The van der Waals surface area contributed by atoms with Crippen LogP contribution in [0.5, 0.6) is 0 Å². The van der Waals surface area contributed by atoms with Crippen LogP contribution >= 0.6 is 11.6 Å². The minimum Gasteiger partial charge on any atom is -0.481 e. The molecular weight excluding hydrogens is 552 g/mol. The molecular formula is C24H35ClN6O9. The molecule has 15 nitrogen and oxygen atoms in total. The summed E-state index contributed by atoms with van der Waals surface area (Å²) in [5.74, 6) is -7.96. The van der Waals surface area contributed by atoms with E-state index in [-0.39, 0.29) is 25.2 Å². The number of aliphatic carboxylic acids is 2. The van der Waals surface area contributed by atoms with Crippen LogP contribution in [0.25, 0.3) is 0 Å². The average Bonchev–Trinajstić information content (AvgIpc) is 3.36. The van der Waals surface area contributed by atoms with Gasteiger partial charge in [-0.1, -0.05) is 13.8 Å². The Morgan fingerprint density at radius 1 is 1.05 bits per heavy atom. The van der Waals surface area contributed by atoms with Crippen molar-refractivity contribution < 1.29 is 43.8 Å². The summed E-state index contributed by atoms with van der Waals surface area (Å²) in [4.78, 5) is 94.2. The summed E-state index contributed by atoms with van der Waals surface area (Å²) >= 11 is 5.65. The summed E-state index contributed by atoms with van der Waals surface area (Å²) in [6, 6.07) is -5.73. The Bertz CT molecular complexity index is 1080. The van der Waals surface area contributed by atoms with Crippen molar-refractivity contribution >= 4 is 53.0 Å². The number of imide groups is 1. The fraction of sp³-hybridized carbons (Fsp3) is 0.583. The van der Waals surface area contributed by atoms with Crippen LogP contribution in [0, 0.1) is 5.92 Å². The third-order valence-electron chi connectivity index (χ3n) is 5.77. The van der Waals surface area contributed by atoms with Gasteiger partial charge in [-0.05, 0) is 18.8 Å². The molecule has 1 aromatic rings. The van der Waals surface area contributed by atoms with Gasteiger partial charge in [-0.2, -0.15) is 0 Å². The molecule has 4 atom stereocenters. The van der Waals surface area contributed by atoms with Crippen molar-refractivity contribution in [1.29, 1.82) is 0 Å². The van der Waals surface area contributed by atoms with Gasteiger partial charge in [0, 0.05) is 31.7 Å². The van der Waals surface area contributed by atoms with Gasteiger partial charge < -0.3 is 31.1 Å². The van der Waals surface area contributed by atoms with Gasteiger partial charge in [-0.15, -0.1) is 11.6 Å². The molecule has 16 heteroatoms. The molecule has 222 valence electrons. The number of carbonyl (C=O) groups excluding carboxylic acids is 5. The predicted octanol–water partition coefficient (Wildman–Crippen LogP) is -0.814. The van der Waals surface area contributed by atoms with Gasteiger partial charge in [0.05, 0.1) is 24.7 Å². The molecule has 0 aliphatic rings. The minimum atomic E-state index is -1.64. The van der Waals surface area contributed by atoms with Crippen LogP contribution in [0.1, 0.15) is 52.1 Å². The van der Waals surface area contributed by atoms with Crippen molar-refractivity contribution in [3.8, 4) is 0 Å². The van der Waals surface area contributed by atoms with Gasteiger partial charge in [-0.25, -0.2) is 4.98 Å². The first-order valence-corrected chi connectivity index (χ1v) is 12.9. The van der Waals surface area contributed by atoms with E-state index in [1.807, 2.05) is 13.8 Å². The highest BCUT2D eigenvalue weighted by molar-refractivity contribution is 6.28. The number of amides is 4. The maximum atomic E-state index is 13.4. The van der Waals surface area contributed by atoms with Gasteiger partial charge >= 0.3 is 11.9 Å². The van der Waals surface area contributed by atoms with E-state index in [0.29, 0.717) is 5.69 Å². The molecule has 0 saturated heterocycles. The molecule has 0 unspecified atom stereocenters. The quantitative estimate of drug-likeness (QED) is 0.123. The average molecular weight is 587 g/mol. The van der Waals surface area contributed by atoms with Gasteiger partial charge in [-0.3, -0.25) is 38.9 Å². The van der Waals surface area contributed by atoms with E-state index in [1.165, 1.54) is 12.5 Å². The Labute approximate surface area is 235 Å². The van der Waals surface area contributed by atoms with Gasteiger partial charge in [0.15, 0.2) is 5.78 Å². The number of alkyl halides is 1. The highest BCUT2D eigenvalue weighted by Gasteiger charge is 2.39. The molecule has 4 amide bonds. The number of hydrogen-bond acceptors (Lipinski definition) is 9. The standard InChI is InChI=1S/C24H35ClN6O9/c1-12(2)6-15(26)22(38)29-16(4-5-20(34)35)23(39)30-24(40)18(7-14-10-27-11-28-14)31(13(3)32)17(8-21(36)37)19(33)9-25/h10-12,15-18H,4-9,26H2,1-3H3,(H,27,28)(H,29,38)(H,34,35)(H,36,37)(H,30,39,40)/t15-,16-,17-,18-/m0/s1. The number of nitrogens with one attached hydrogen (secondary N) is 3. The van der Waals surface area contributed by atoms with E-state index in [9.17, 15) is 38.7 Å².